The number of thioether (sulfide) groups is 1. The van der Waals surface area contributed by atoms with Crippen molar-refractivity contribution in [2.24, 2.45) is 0 Å². The van der Waals surface area contributed by atoms with Gasteiger partial charge >= 0.3 is 0 Å². The second kappa shape index (κ2) is 5.42. The second-order valence-electron chi connectivity index (χ2n) is 3.16. The molecule has 1 heterocycles. The molecule has 0 aliphatic heterocycles. The predicted octanol–water partition coefficient (Wildman–Crippen LogP) is 4.48. The normalized spacial score (nSPS) is 10.5. The Kier molecular flexibility index (Phi) is 3.92. The van der Waals surface area contributed by atoms with E-state index in [4.69, 9.17) is 4.42 Å². The Morgan fingerprint density at radius 1 is 1.07 bits per heavy atom. The van der Waals surface area contributed by atoms with E-state index < -0.39 is 0 Å². The molecule has 0 aliphatic carbocycles. The van der Waals surface area contributed by atoms with Crippen molar-refractivity contribution in [1.29, 1.82) is 0 Å². The third kappa shape index (κ3) is 3.14. The van der Waals surface area contributed by atoms with Crippen molar-refractivity contribution in [1.82, 2.24) is 0 Å². The first-order valence-electron chi connectivity index (χ1n) is 4.70. The van der Waals surface area contributed by atoms with E-state index in [9.17, 15) is 0 Å². The molecule has 0 spiro atoms. The zero-order valence-electron chi connectivity index (χ0n) is 8.15. The van der Waals surface area contributed by atoms with Crippen LogP contribution in [0.4, 0.5) is 0 Å². The average molecular weight is 283 g/mol. The van der Waals surface area contributed by atoms with Gasteiger partial charge in [0.2, 0.25) is 0 Å². The van der Waals surface area contributed by atoms with Gasteiger partial charge in [0.25, 0.3) is 0 Å². The molecule has 0 bridgehead atoms. The van der Waals surface area contributed by atoms with Crippen LogP contribution in [0.3, 0.4) is 0 Å². The molecule has 2 rings (SSSR count). The first kappa shape index (κ1) is 10.8. The molecule has 0 atom stereocenters. The van der Waals surface area contributed by atoms with E-state index in [1.54, 1.807) is 6.26 Å². The minimum absolute atomic E-state index is 0.925. The van der Waals surface area contributed by atoms with E-state index in [1.807, 2.05) is 30.0 Å². The molecule has 0 radical (unpaired) electrons. The fraction of sp³-hybridized carbons (Fsp3) is 0.167. The molecule has 78 valence electrons. The van der Waals surface area contributed by atoms with Crippen LogP contribution < -0.4 is 0 Å². The Balaban J connectivity index is 1.86. The van der Waals surface area contributed by atoms with Crippen molar-refractivity contribution in [2.75, 3.05) is 0 Å². The molecule has 2 aromatic rings. The molecular weight excluding hydrogens is 272 g/mol. The summed E-state index contributed by atoms with van der Waals surface area (Å²) in [5.41, 5.74) is 1.33. The molecule has 1 aromatic heterocycles. The van der Waals surface area contributed by atoms with E-state index in [1.165, 1.54) is 10.0 Å². The number of hydrogen-bond acceptors (Lipinski definition) is 2. The van der Waals surface area contributed by atoms with Crippen LogP contribution in [0.25, 0.3) is 0 Å². The lowest BCUT2D eigenvalue weighted by molar-refractivity contribution is 0.530. The van der Waals surface area contributed by atoms with Crippen LogP contribution in [0.1, 0.15) is 11.3 Å². The minimum Gasteiger partial charge on any atom is -0.468 e. The maximum Gasteiger partial charge on any atom is 0.113 e. The summed E-state index contributed by atoms with van der Waals surface area (Å²) in [7, 11) is 0. The highest BCUT2D eigenvalue weighted by molar-refractivity contribution is 9.10. The topological polar surface area (TPSA) is 13.1 Å². The molecule has 0 aliphatic rings. The van der Waals surface area contributed by atoms with Crippen molar-refractivity contribution >= 4 is 27.7 Å². The summed E-state index contributed by atoms with van der Waals surface area (Å²) in [5, 5.41) is 0. The summed E-state index contributed by atoms with van der Waals surface area (Å²) in [4.78, 5) is 0. The number of rotatable bonds is 4. The highest BCUT2D eigenvalue weighted by Gasteiger charge is 2.00. The van der Waals surface area contributed by atoms with E-state index in [-0.39, 0.29) is 0 Å². The van der Waals surface area contributed by atoms with Crippen molar-refractivity contribution in [2.45, 2.75) is 11.5 Å². The Labute approximate surface area is 102 Å². The lowest BCUT2D eigenvalue weighted by atomic mass is 10.2. The molecule has 0 N–H and O–H groups in total. The standard InChI is InChI=1S/C12H11BrOS/c13-12-6-2-1-4-10(12)8-15-9-11-5-3-7-14-11/h1-7H,8-9H2. The molecule has 0 saturated carbocycles. The van der Waals surface area contributed by atoms with Crippen LogP contribution in [-0.2, 0) is 11.5 Å². The van der Waals surface area contributed by atoms with Crippen LogP contribution in [0.15, 0.2) is 51.6 Å². The third-order valence-electron chi connectivity index (χ3n) is 2.04. The first-order valence-corrected chi connectivity index (χ1v) is 6.64. The maximum absolute atomic E-state index is 5.27. The Morgan fingerprint density at radius 3 is 2.67 bits per heavy atom. The van der Waals surface area contributed by atoms with Crippen molar-refractivity contribution < 1.29 is 4.42 Å². The van der Waals surface area contributed by atoms with Gasteiger partial charge < -0.3 is 4.42 Å². The van der Waals surface area contributed by atoms with Crippen LogP contribution in [0.5, 0.6) is 0 Å². The molecule has 0 amide bonds. The zero-order chi connectivity index (χ0) is 10.5. The van der Waals surface area contributed by atoms with Gasteiger partial charge in [0.1, 0.15) is 5.76 Å². The molecule has 15 heavy (non-hydrogen) atoms. The monoisotopic (exact) mass is 282 g/mol. The van der Waals surface area contributed by atoms with Crippen LogP contribution >= 0.6 is 27.7 Å². The summed E-state index contributed by atoms with van der Waals surface area (Å²) in [5.74, 6) is 2.96. The van der Waals surface area contributed by atoms with Gasteiger partial charge in [-0.25, -0.2) is 0 Å². The highest BCUT2D eigenvalue weighted by Crippen LogP contribution is 2.23. The summed E-state index contributed by atoms with van der Waals surface area (Å²) < 4.78 is 6.45. The van der Waals surface area contributed by atoms with Gasteiger partial charge in [0.05, 0.1) is 12.0 Å². The predicted molar refractivity (Wildman–Crippen MR) is 67.8 cm³/mol. The summed E-state index contributed by atoms with van der Waals surface area (Å²) >= 11 is 5.39. The zero-order valence-corrected chi connectivity index (χ0v) is 10.6. The minimum atomic E-state index is 0.925. The van der Waals surface area contributed by atoms with Crippen molar-refractivity contribution in [3.05, 3.63) is 58.5 Å². The van der Waals surface area contributed by atoms with E-state index in [2.05, 4.69) is 34.1 Å². The van der Waals surface area contributed by atoms with Gasteiger partial charge in [-0.3, -0.25) is 0 Å². The maximum atomic E-state index is 5.27. The van der Waals surface area contributed by atoms with Gasteiger partial charge in [-0.2, -0.15) is 0 Å². The Bertz CT molecular complexity index is 411. The molecule has 0 fully saturated rings. The van der Waals surface area contributed by atoms with E-state index in [0.717, 1.165) is 17.3 Å². The Morgan fingerprint density at radius 2 is 1.93 bits per heavy atom. The fourth-order valence-corrected chi connectivity index (χ4v) is 2.82. The second-order valence-corrected chi connectivity index (χ2v) is 5.00. The van der Waals surface area contributed by atoms with Crippen LogP contribution in [0.2, 0.25) is 0 Å². The number of furan rings is 1. The van der Waals surface area contributed by atoms with Gasteiger partial charge in [-0.1, -0.05) is 34.1 Å². The molecule has 0 unspecified atom stereocenters. The van der Waals surface area contributed by atoms with Gasteiger partial charge in [-0.05, 0) is 23.8 Å². The quantitative estimate of drug-likeness (QED) is 0.821. The molecular formula is C12H11BrOS. The smallest absolute Gasteiger partial charge is 0.113 e. The average Bonchev–Trinajstić information content (AvgIpc) is 2.74. The van der Waals surface area contributed by atoms with E-state index >= 15 is 0 Å². The number of halogens is 1. The van der Waals surface area contributed by atoms with E-state index in [0.29, 0.717) is 0 Å². The van der Waals surface area contributed by atoms with Crippen LogP contribution in [-0.4, -0.2) is 0 Å². The fourth-order valence-electron chi connectivity index (χ4n) is 1.27. The Hall–Kier alpha value is -0.670. The lowest BCUT2D eigenvalue weighted by Crippen LogP contribution is -1.83. The SMILES string of the molecule is Brc1ccccc1CSCc1ccco1. The summed E-state index contributed by atoms with van der Waals surface area (Å²) in [6.07, 6.45) is 1.72. The van der Waals surface area contributed by atoms with Gasteiger partial charge in [0.15, 0.2) is 0 Å². The molecule has 3 heteroatoms. The largest absolute Gasteiger partial charge is 0.468 e. The highest BCUT2D eigenvalue weighted by atomic mass is 79.9. The van der Waals surface area contributed by atoms with Crippen LogP contribution in [0, 0.1) is 0 Å². The molecule has 1 aromatic carbocycles. The summed E-state index contributed by atoms with van der Waals surface area (Å²) in [6.45, 7) is 0. The summed E-state index contributed by atoms with van der Waals surface area (Å²) in [6, 6.07) is 12.2. The van der Waals surface area contributed by atoms with Gasteiger partial charge in [0, 0.05) is 10.2 Å². The number of hydrogen-bond donors (Lipinski definition) is 0. The third-order valence-corrected chi connectivity index (χ3v) is 3.82. The first-order chi connectivity index (χ1) is 7.36. The molecule has 0 saturated heterocycles. The van der Waals surface area contributed by atoms with Gasteiger partial charge in [-0.15, -0.1) is 11.8 Å². The molecule has 1 nitrogen and oxygen atoms in total. The van der Waals surface area contributed by atoms with Crippen molar-refractivity contribution in [3.63, 3.8) is 0 Å². The van der Waals surface area contributed by atoms with Crippen molar-refractivity contribution in [3.8, 4) is 0 Å². The number of benzene rings is 1. The lowest BCUT2D eigenvalue weighted by Gasteiger charge is -2.02.